The van der Waals surface area contributed by atoms with Crippen LogP contribution in [0.1, 0.15) is 18.1 Å². The average Bonchev–Trinajstić information content (AvgIpc) is 2.84. The zero-order valence-corrected chi connectivity index (χ0v) is 18.3. The molecule has 0 aromatic heterocycles. The molecule has 7 heteroatoms. The number of carbonyl (C=O) groups excluding carboxylic acids is 1. The van der Waals surface area contributed by atoms with Crippen molar-refractivity contribution in [1.82, 2.24) is 0 Å². The maximum atomic E-state index is 12.4. The van der Waals surface area contributed by atoms with Gasteiger partial charge in [0.2, 0.25) is 6.10 Å². The molecule has 0 saturated heterocycles. The zero-order chi connectivity index (χ0) is 22.8. The molecule has 0 saturated carbocycles. The molecular formula is C25H26N2O5. The summed E-state index contributed by atoms with van der Waals surface area (Å²) in [5.41, 5.74) is 2.48. The molecule has 1 N–H and O–H groups in total. The van der Waals surface area contributed by atoms with Crippen LogP contribution in [0.2, 0.25) is 0 Å². The van der Waals surface area contributed by atoms with Crippen LogP contribution in [0.4, 0.5) is 5.69 Å². The quantitative estimate of drug-likeness (QED) is 0.371. The van der Waals surface area contributed by atoms with Crippen molar-refractivity contribution in [3.8, 4) is 17.2 Å². The molecule has 0 radical (unpaired) electrons. The molecule has 7 nitrogen and oxygen atoms in total. The molecule has 0 aliphatic carbocycles. The minimum absolute atomic E-state index is 0.313. The molecule has 1 amide bonds. The summed E-state index contributed by atoms with van der Waals surface area (Å²) in [5.74, 6) is 1.61. The van der Waals surface area contributed by atoms with Crippen LogP contribution in [0.5, 0.6) is 17.2 Å². The van der Waals surface area contributed by atoms with Gasteiger partial charge in [-0.3, -0.25) is 4.79 Å². The van der Waals surface area contributed by atoms with Crippen LogP contribution < -0.4 is 19.5 Å². The Hall–Kier alpha value is -4.00. The van der Waals surface area contributed by atoms with E-state index in [-0.39, 0.29) is 5.91 Å². The summed E-state index contributed by atoms with van der Waals surface area (Å²) < 4.78 is 16.2. The highest BCUT2D eigenvalue weighted by Crippen LogP contribution is 2.26. The third-order valence-electron chi connectivity index (χ3n) is 4.57. The lowest BCUT2D eigenvalue weighted by Gasteiger charge is -2.11. The van der Waals surface area contributed by atoms with Crippen LogP contribution in [-0.2, 0) is 16.2 Å². The van der Waals surface area contributed by atoms with Crippen LogP contribution in [0.25, 0.3) is 0 Å². The average molecular weight is 434 g/mol. The monoisotopic (exact) mass is 434 g/mol. The van der Waals surface area contributed by atoms with Crippen LogP contribution in [0.15, 0.2) is 78.0 Å². The van der Waals surface area contributed by atoms with E-state index >= 15 is 0 Å². The van der Waals surface area contributed by atoms with E-state index in [2.05, 4.69) is 10.5 Å². The maximum absolute atomic E-state index is 12.4. The van der Waals surface area contributed by atoms with Crippen LogP contribution in [0.3, 0.4) is 0 Å². The van der Waals surface area contributed by atoms with Gasteiger partial charge in [0, 0.05) is 11.3 Å². The van der Waals surface area contributed by atoms with Crippen molar-refractivity contribution in [1.29, 1.82) is 0 Å². The van der Waals surface area contributed by atoms with E-state index in [4.69, 9.17) is 19.0 Å². The van der Waals surface area contributed by atoms with E-state index < -0.39 is 6.10 Å². The van der Waals surface area contributed by atoms with E-state index in [0.717, 1.165) is 16.9 Å². The smallest absolute Gasteiger partial charge is 0.267 e. The highest BCUT2D eigenvalue weighted by Gasteiger charge is 2.14. The second-order valence-corrected chi connectivity index (χ2v) is 6.88. The predicted molar refractivity (Wildman–Crippen MR) is 124 cm³/mol. The molecule has 3 aromatic carbocycles. The fourth-order valence-corrected chi connectivity index (χ4v) is 2.78. The molecule has 0 aliphatic heterocycles. The number of oxime groups is 1. The van der Waals surface area contributed by atoms with Gasteiger partial charge in [-0.2, -0.15) is 0 Å². The number of nitrogens with one attached hydrogen (secondary N) is 1. The topological polar surface area (TPSA) is 78.4 Å². The molecular weight excluding hydrogens is 408 g/mol. The molecule has 32 heavy (non-hydrogen) atoms. The number of anilines is 1. The van der Waals surface area contributed by atoms with E-state index in [9.17, 15) is 4.79 Å². The summed E-state index contributed by atoms with van der Waals surface area (Å²) in [6.07, 6.45) is 0.727. The second-order valence-electron chi connectivity index (χ2n) is 6.88. The zero-order valence-electron chi connectivity index (χ0n) is 18.3. The number of amides is 1. The van der Waals surface area contributed by atoms with Crippen molar-refractivity contribution in [2.75, 3.05) is 19.5 Å². The van der Waals surface area contributed by atoms with Gasteiger partial charge < -0.3 is 24.4 Å². The number of hydrogen-bond acceptors (Lipinski definition) is 6. The molecule has 166 valence electrons. The third-order valence-corrected chi connectivity index (χ3v) is 4.57. The Labute approximate surface area is 187 Å². The lowest BCUT2D eigenvalue weighted by molar-refractivity contribution is -0.126. The normalized spacial score (nSPS) is 11.6. The van der Waals surface area contributed by atoms with Crippen molar-refractivity contribution >= 4 is 17.8 Å². The summed E-state index contributed by atoms with van der Waals surface area (Å²) in [4.78, 5) is 17.6. The van der Waals surface area contributed by atoms with E-state index in [1.807, 2.05) is 30.3 Å². The van der Waals surface area contributed by atoms with Gasteiger partial charge in [-0.05, 0) is 55.0 Å². The van der Waals surface area contributed by atoms with Gasteiger partial charge in [0.05, 0.1) is 20.4 Å². The second kappa shape index (κ2) is 11.4. The number of benzene rings is 3. The Morgan fingerprint density at radius 1 is 0.969 bits per heavy atom. The fraction of sp³-hybridized carbons (Fsp3) is 0.200. The van der Waals surface area contributed by atoms with Crippen molar-refractivity contribution in [2.45, 2.75) is 19.6 Å². The number of carbonyl (C=O) groups is 1. The Morgan fingerprint density at radius 2 is 1.69 bits per heavy atom. The number of methoxy groups -OCH3 is 2. The lowest BCUT2D eigenvalue weighted by atomic mass is 10.2. The Morgan fingerprint density at radius 3 is 2.38 bits per heavy atom. The molecule has 3 aromatic rings. The Bertz CT molecular complexity index is 1040. The molecule has 0 fully saturated rings. The number of rotatable bonds is 10. The van der Waals surface area contributed by atoms with Gasteiger partial charge in [-0.25, -0.2) is 0 Å². The van der Waals surface area contributed by atoms with Gasteiger partial charge in [-0.15, -0.1) is 0 Å². The van der Waals surface area contributed by atoms with Crippen LogP contribution >= 0.6 is 0 Å². The minimum atomic E-state index is -0.777. The van der Waals surface area contributed by atoms with Crippen molar-refractivity contribution in [3.63, 3.8) is 0 Å². The molecule has 3 rings (SSSR count). The summed E-state index contributed by atoms with van der Waals surface area (Å²) in [6.45, 7) is 2.11. The number of nitrogens with zero attached hydrogens (tertiary/aromatic N) is 1. The van der Waals surface area contributed by atoms with Crippen molar-refractivity contribution in [3.05, 3.63) is 83.9 Å². The van der Waals surface area contributed by atoms with Crippen molar-refractivity contribution in [2.24, 2.45) is 5.16 Å². The van der Waals surface area contributed by atoms with Gasteiger partial charge in [0.1, 0.15) is 12.4 Å². The van der Waals surface area contributed by atoms with Crippen LogP contribution in [0, 0.1) is 0 Å². The first-order chi connectivity index (χ1) is 15.6. The summed E-state index contributed by atoms with van der Waals surface area (Å²) in [5, 5.41) is 6.69. The van der Waals surface area contributed by atoms with E-state index in [1.165, 1.54) is 6.21 Å². The summed E-state index contributed by atoms with van der Waals surface area (Å²) >= 11 is 0. The lowest BCUT2D eigenvalue weighted by Crippen LogP contribution is -2.26. The Kier molecular flexibility index (Phi) is 8.09. The first-order valence-electron chi connectivity index (χ1n) is 10.1. The van der Waals surface area contributed by atoms with E-state index in [1.54, 1.807) is 63.6 Å². The van der Waals surface area contributed by atoms with E-state index in [0.29, 0.717) is 23.8 Å². The van der Waals surface area contributed by atoms with Gasteiger partial charge in [0.15, 0.2) is 11.5 Å². The minimum Gasteiger partial charge on any atom is -0.493 e. The third kappa shape index (κ3) is 6.50. The fourth-order valence-electron chi connectivity index (χ4n) is 2.78. The molecule has 0 aliphatic rings. The SMILES string of the molecule is COc1ccc(/C=N/OC(C)C(=O)Nc2ccc(OCc3ccccc3)cc2)cc1OC. The highest BCUT2D eigenvalue weighted by atomic mass is 16.6. The highest BCUT2D eigenvalue weighted by molar-refractivity contribution is 5.94. The van der Waals surface area contributed by atoms with Gasteiger partial charge >= 0.3 is 0 Å². The van der Waals surface area contributed by atoms with Gasteiger partial charge in [0.25, 0.3) is 5.91 Å². The molecule has 0 spiro atoms. The van der Waals surface area contributed by atoms with Crippen molar-refractivity contribution < 1.29 is 23.8 Å². The first-order valence-corrected chi connectivity index (χ1v) is 10.1. The molecule has 0 heterocycles. The first kappa shape index (κ1) is 22.7. The van der Waals surface area contributed by atoms with Gasteiger partial charge in [-0.1, -0.05) is 35.5 Å². The molecule has 1 atom stereocenters. The number of hydrogen-bond donors (Lipinski definition) is 1. The molecule has 0 bridgehead atoms. The van der Waals surface area contributed by atoms with Crippen LogP contribution in [-0.4, -0.2) is 32.4 Å². The predicted octanol–water partition coefficient (Wildman–Crippen LogP) is 4.66. The standard InChI is InChI=1S/C25H26N2O5/c1-18(32-26-16-20-9-14-23(29-2)24(15-20)30-3)25(28)27-21-10-12-22(13-11-21)31-17-19-7-5-4-6-8-19/h4-16,18H,17H2,1-3H3,(H,27,28)/b26-16+. The summed E-state index contributed by atoms with van der Waals surface area (Å²) in [6, 6.07) is 22.4. The maximum Gasteiger partial charge on any atom is 0.267 e. The summed E-state index contributed by atoms with van der Waals surface area (Å²) in [7, 11) is 3.13. The largest absolute Gasteiger partial charge is 0.493 e. The molecule has 1 unspecified atom stereocenters. The number of ether oxygens (including phenoxy) is 3. The Balaban J connectivity index is 1.48.